The van der Waals surface area contributed by atoms with Crippen LogP contribution in [0.2, 0.25) is 0 Å². The van der Waals surface area contributed by atoms with Crippen molar-refractivity contribution in [1.82, 2.24) is 19.8 Å². The maximum absolute atomic E-state index is 13.1. The molecule has 0 bridgehead atoms. The number of anilines is 1. The summed E-state index contributed by atoms with van der Waals surface area (Å²) in [5, 5.41) is 15.9. The number of carbonyl (C=O) groups is 1. The van der Waals surface area contributed by atoms with Gasteiger partial charge < -0.3 is 20.7 Å². The van der Waals surface area contributed by atoms with Crippen LogP contribution in [-0.2, 0) is 16.2 Å². The Bertz CT molecular complexity index is 966. The highest BCUT2D eigenvalue weighted by atomic mass is 16.6. The van der Waals surface area contributed by atoms with Crippen LogP contribution in [0, 0.1) is 17.0 Å². The van der Waals surface area contributed by atoms with E-state index < -0.39 is 0 Å². The molecule has 0 spiro atoms. The summed E-state index contributed by atoms with van der Waals surface area (Å²) in [5.41, 5.74) is 8.12. The van der Waals surface area contributed by atoms with Gasteiger partial charge in [0.2, 0.25) is 11.9 Å². The van der Waals surface area contributed by atoms with Crippen molar-refractivity contribution in [2.45, 2.75) is 32.2 Å². The number of nitrogen functional groups attached to an aromatic ring is 1. The Balaban J connectivity index is 1.28. The normalized spacial score (nSPS) is 18.9. The van der Waals surface area contributed by atoms with Crippen molar-refractivity contribution < 1.29 is 14.4 Å². The van der Waals surface area contributed by atoms with Crippen molar-refractivity contribution in [3.05, 3.63) is 53.3 Å². The molecule has 0 radical (unpaired) electrons. The molecule has 2 fully saturated rings. The number of rotatable bonds is 6. The number of hydrogen-bond donors (Lipinski definition) is 1. The van der Waals surface area contributed by atoms with Crippen LogP contribution in [0.1, 0.15) is 36.8 Å². The highest BCUT2D eigenvalue weighted by molar-refractivity contribution is 6.01. The van der Waals surface area contributed by atoms with Crippen LogP contribution in [0.15, 0.2) is 42.1 Å². The summed E-state index contributed by atoms with van der Waals surface area (Å²) in [5.74, 6) is 0.762. The van der Waals surface area contributed by atoms with Gasteiger partial charge in [0.1, 0.15) is 7.11 Å². The largest absolute Gasteiger partial charge is 0.619 e. The fraction of sp³-hybridized carbons (Fsp3) is 0.522. The first-order valence-electron chi connectivity index (χ1n) is 11.4. The first kappa shape index (κ1) is 22.9. The third-order valence-electron chi connectivity index (χ3n) is 6.52. The Morgan fingerprint density at radius 3 is 2.48 bits per heavy atom. The van der Waals surface area contributed by atoms with E-state index in [0.717, 1.165) is 66.9 Å². The minimum atomic E-state index is 0.0705. The number of piperidine rings is 2. The second-order valence-electron chi connectivity index (χ2n) is 8.71. The molecule has 2 aliphatic heterocycles. The molecule has 2 aromatic heterocycles. The van der Waals surface area contributed by atoms with Crippen molar-refractivity contribution in [3.8, 4) is 0 Å². The van der Waals surface area contributed by atoms with Gasteiger partial charge in [-0.3, -0.25) is 9.69 Å². The summed E-state index contributed by atoms with van der Waals surface area (Å²) in [6.45, 7) is 3.92. The Hall–Kier alpha value is -3.27. The lowest BCUT2D eigenvalue weighted by molar-refractivity contribution is -0.605. The van der Waals surface area contributed by atoms with Gasteiger partial charge in [-0.05, 0) is 44.8 Å². The fourth-order valence-corrected chi connectivity index (χ4v) is 4.74. The molecule has 10 nitrogen and oxygen atoms in total. The quantitative estimate of drug-likeness (QED) is 0.302. The van der Waals surface area contributed by atoms with E-state index in [2.05, 4.69) is 20.0 Å². The van der Waals surface area contributed by atoms with Crippen LogP contribution >= 0.6 is 0 Å². The van der Waals surface area contributed by atoms with Gasteiger partial charge in [0, 0.05) is 55.5 Å². The van der Waals surface area contributed by atoms with Gasteiger partial charge in [0.05, 0.1) is 11.3 Å². The van der Waals surface area contributed by atoms with E-state index in [4.69, 9.17) is 10.6 Å². The third kappa shape index (κ3) is 5.75. The summed E-state index contributed by atoms with van der Waals surface area (Å²) < 4.78 is 0.770. The number of aromatic nitrogens is 3. The first-order valence-corrected chi connectivity index (χ1v) is 11.4. The monoisotopic (exact) mass is 453 g/mol. The van der Waals surface area contributed by atoms with Crippen LogP contribution in [0.5, 0.6) is 0 Å². The first-order chi connectivity index (χ1) is 16.0. The number of amides is 1. The molecule has 4 heterocycles. The molecule has 2 saturated heterocycles. The maximum Gasteiger partial charge on any atom is 0.225 e. The molecule has 10 heteroatoms. The third-order valence-corrected chi connectivity index (χ3v) is 6.52. The Kier molecular flexibility index (Phi) is 7.33. The molecule has 2 aromatic rings. The van der Waals surface area contributed by atoms with Crippen LogP contribution < -0.4 is 10.5 Å². The number of carbonyl (C=O) groups excluding carboxylic acids is 1. The number of nitrogens with two attached hydrogens (primary N) is 1. The number of oxime groups is 1. The van der Waals surface area contributed by atoms with Gasteiger partial charge in [-0.1, -0.05) is 5.16 Å². The zero-order valence-corrected chi connectivity index (χ0v) is 19.0. The molecule has 33 heavy (non-hydrogen) atoms. The Morgan fingerprint density at radius 1 is 1.18 bits per heavy atom. The van der Waals surface area contributed by atoms with Crippen LogP contribution in [-0.4, -0.2) is 64.7 Å². The highest BCUT2D eigenvalue weighted by Crippen LogP contribution is 2.26. The summed E-state index contributed by atoms with van der Waals surface area (Å²) in [6, 6.07) is 3.58. The minimum Gasteiger partial charge on any atom is -0.619 e. The molecule has 1 amide bonds. The molecule has 0 aliphatic carbocycles. The SMILES string of the molecule is CO/N=C(\c1ccc[n+]([O-])c1)C1CCN(C(=O)C2CCN(Cc3cnc(N)nc3)CC2)CC1. The van der Waals surface area contributed by atoms with Gasteiger partial charge >= 0.3 is 0 Å². The van der Waals surface area contributed by atoms with Crippen molar-refractivity contribution in [2.75, 3.05) is 39.0 Å². The Morgan fingerprint density at radius 2 is 1.85 bits per heavy atom. The van der Waals surface area contributed by atoms with Crippen LogP contribution in [0.4, 0.5) is 5.95 Å². The summed E-state index contributed by atoms with van der Waals surface area (Å²) in [7, 11) is 1.51. The lowest BCUT2D eigenvalue weighted by Gasteiger charge is -2.37. The van der Waals surface area contributed by atoms with Crippen molar-refractivity contribution in [1.29, 1.82) is 0 Å². The summed E-state index contributed by atoms with van der Waals surface area (Å²) in [4.78, 5) is 30.6. The predicted octanol–water partition coefficient (Wildman–Crippen LogP) is 1.19. The molecule has 0 aromatic carbocycles. The zero-order valence-electron chi connectivity index (χ0n) is 19.0. The van der Waals surface area contributed by atoms with Gasteiger partial charge in [-0.15, -0.1) is 0 Å². The van der Waals surface area contributed by atoms with E-state index in [-0.39, 0.29) is 23.7 Å². The topological polar surface area (TPSA) is 124 Å². The van der Waals surface area contributed by atoms with E-state index in [1.165, 1.54) is 19.5 Å². The standard InChI is InChI=1S/C23H31N7O3/c1-33-27-21(20-3-2-8-30(32)16-20)18-6-11-29(12-7-18)22(31)19-4-9-28(10-5-19)15-17-13-25-23(24)26-14-17/h2-3,8,13-14,16,18-19H,4-7,9-12,15H2,1H3,(H2,24,25,26)/b27-21-. The molecule has 0 unspecified atom stereocenters. The van der Waals surface area contributed by atoms with E-state index in [1.807, 2.05) is 11.0 Å². The second kappa shape index (κ2) is 10.6. The molecule has 2 aliphatic rings. The van der Waals surface area contributed by atoms with Crippen molar-refractivity contribution in [2.24, 2.45) is 17.0 Å². The molecule has 4 rings (SSSR count). The van der Waals surface area contributed by atoms with Gasteiger partial charge in [-0.2, -0.15) is 4.73 Å². The summed E-state index contributed by atoms with van der Waals surface area (Å²) in [6.07, 6.45) is 9.81. The minimum absolute atomic E-state index is 0.0705. The molecular weight excluding hydrogens is 422 g/mol. The average molecular weight is 454 g/mol. The van der Waals surface area contributed by atoms with Crippen LogP contribution in [0.3, 0.4) is 0 Å². The van der Waals surface area contributed by atoms with Gasteiger partial charge in [0.15, 0.2) is 12.4 Å². The van der Waals surface area contributed by atoms with E-state index >= 15 is 0 Å². The number of likely N-dealkylation sites (tertiary alicyclic amines) is 2. The van der Waals surface area contributed by atoms with Gasteiger partial charge in [-0.25, -0.2) is 9.97 Å². The molecule has 0 atom stereocenters. The van der Waals surface area contributed by atoms with E-state index in [1.54, 1.807) is 18.5 Å². The van der Waals surface area contributed by atoms with E-state index in [9.17, 15) is 10.0 Å². The number of hydrogen-bond acceptors (Lipinski definition) is 8. The number of pyridine rings is 1. The number of nitrogens with zero attached hydrogens (tertiary/aromatic N) is 6. The van der Waals surface area contributed by atoms with Gasteiger partial charge in [0.25, 0.3) is 0 Å². The fourth-order valence-electron chi connectivity index (χ4n) is 4.74. The van der Waals surface area contributed by atoms with Crippen molar-refractivity contribution in [3.63, 3.8) is 0 Å². The molecule has 176 valence electrons. The Labute approximate surface area is 193 Å². The maximum atomic E-state index is 13.1. The smallest absolute Gasteiger partial charge is 0.225 e. The lowest BCUT2D eigenvalue weighted by Crippen LogP contribution is -2.46. The lowest BCUT2D eigenvalue weighted by atomic mass is 9.87. The average Bonchev–Trinajstić information content (AvgIpc) is 2.84. The second-order valence-corrected chi connectivity index (χ2v) is 8.71. The molecule has 2 N–H and O–H groups in total. The van der Waals surface area contributed by atoms with Crippen molar-refractivity contribution >= 4 is 17.6 Å². The van der Waals surface area contributed by atoms with E-state index in [0.29, 0.717) is 13.1 Å². The summed E-state index contributed by atoms with van der Waals surface area (Å²) >= 11 is 0. The zero-order chi connectivity index (χ0) is 23.2. The molecular formula is C23H31N7O3. The van der Waals surface area contributed by atoms with Crippen LogP contribution in [0.25, 0.3) is 0 Å². The molecule has 0 saturated carbocycles. The highest BCUT2D eigenvalue weighted by Gasteiger charge is 2.33. The predicted molar refractivity (Wildman–Crippen MR) is 123 cm³/mol.